The fourth-order valence-corrected chi connectivity index (χ4v) is 3.85. The van der Waals surface area contributed by atoms with Crippen molar-refractivity contribution in [3.05, 3.63) is 71.7 Å². The maximum atomic E-state index is 11.9. The smallest absolute Gasteiger partial charge is 0.337 e. The van der Waals surface area contributed by atoms with E-state index in [2.05, 4.69) is 16.7 Å². The summed E-state index contributed by atoms with van der Waals surface area (Å²) in [6.45, 7) is 6.53. The molecule has 8 heteroatoms. The van der Waals surface area contributed by atoms with Crippen LogP contribution in [0.3, 0.4) is 0 Å². The number of carbonyl (C=O) groups is 1. The molecule has 1 aromatic heterocycles. The topological polar surface area (TPSA) is 79.2 Å². The number of esters is 1. The van der Waals surface area contributed by atoms with E-state index in [-0.39, 0.29) is 12.9 Å². The number of carbonyl (C=O) groups excluding carboxylic acids is 1. The monoisotopic (exact) mass is 440 g/mol. The van der Waals surface area contributed by atoms with Gasteiger partial charge >= 0.3 is 5.97 Å². The van der Waals surface area contributed by atoms with Crippen LogP contribution in [0.2, 0.25) is 0 Å². The Kier molecular flexibility index (Phi) is 8.40. The molecule has 0 saturated carbocycles. The van der Waals surface area contributed by atoms with Crippen molar-refractivity contribution in [1.82, 2.24) is 4.98 Å². The van der Waals surface area contributed by atoms with E-state index >= 15 is 0 Å². The maximum absolute atomic E-state index is 11.9. The zero-order chi connectivity index (χ0) is 22.1. The van der Waals surface area contributed by atoms with Crippen LogP contribution in [0.1, 0.15) is 18.8 Å². The molecule has 0 radical (unpaired) electrons. The Labute approximate surface area is 185 Å². The van der Waals surface area contributed by atoms with Crippen molar-refractivity contribution in [2.75, 3.05) is 26.9 Å². The molecule has 0 atom stereocenters. The van der Waals surface area contributed by atoms with E-state index in [4.69, 9.17) is 18.9 Å². The number of nitrogens with zero attached hydrogens (tertiary/aromatic N) is 2. The highest BCUT2D eigenvalue weighted by Gasteiger charge is 2.22. The maximum Gasteiger partial charge on any atom is 0.337 e. The Morgan fingerprint density at radius 2 is 2.03 bits per heavy atom. The lowest BCUT2D eigenvalue weighted by Crippen LogP contribution is -2.12. The van der Waals surface area contributed by atoms with Crippen LogP contribution < -0.4 is 4.74 Å². The Morgan fingerprint density at radius 1 is 1.29 bits per heavy atom. The van der Waals surface area contributed by atoms with Gasteiger partial charge in [-0.25, -0.2) is 4.79 Å². The van der Waals surface area contributed by atoms with Crippen molar-refractivity contribution in [3.8, 4) is 5.75 Å². The second-order valence-corrected chi connectivity index (χ2v) is 7.50. The summed E-state index contributed by atoms with van der Waals surface area (Å²) in [5, 5.41) is 0. The van der Waals surface area contributed by atoms with Crippen molar-refractivity contribution < 1.29 is 23.7 Å². The Bertz CT molecular complexity index is 966. The first-order valence-corrected chi connectivity index (χ1v) is 10.5. The fourth-order valence-electron chi connectivity index (χ4n) is 2.93. The molecule has 162 valence electrons. The molecule has 1 aliphatic heterocycles. The average Bonchev–Trinajstić information content (AvgIpc) is 3.34. The van der Waals surface area contributed by atoms with Gasteiger partial charge in [-0.15, -0.1) is 0 Å². The summed E-state index contributed by atoms with van der Waals surface area (Å²) in [5.41, 5.74) is 1.89. The van der Waals surface area contributed by atoms with Crippen molar-refractivity contribution in [3.63, 3.8) is 0 Å². The van der Waals surface area contributed by atoms with E-state index < -0.39 is 5.97 Å². The lowest BCUT2D eigenvalue weighted by atomic mass is 10.1. The van der Waals surface area contributed by atoms with E-state index in [1.165, 1.54) is 13.3 Å². The molecule has 0 amide bonds. The average molecular weight is 441 g/mol. The molecule has 31 heavy (non-hydrogen) atoms. The summed E-state index contributed by atoms with van der Waals surface area (Å²) in [4.78, 5) is 22.0. The Balaban J connectivity index is 1.66. The third-order valence-electron chi connectivity index (χ3n) is 4.42. The molecule has 1 fully saturated rings. The van der Waals surface area contributed by atoms with Crippen LogP contribution in [-0.4, -0.2) is 44.6 Å². The predicted molar refractivity (Wildman–Crippen MR) is 118 cm³/mol. The van der Waals surface area contributed by atoms with Gasteiger partial charge in [0.1, 0.15) is 12.4 Å². The molecule has 7 nitrogen and oxygen atoms in total. The third kappa shape index (κ3) is 6.04. The van der Waals surface area contributed by atoms with Gasteiger partial charge in [-0.3, -0.25) is 9.98 Å². The predicted octanol–water partition coefficient (Wildman–Crippen LogP) is 4.36. The van der Waals surface area contributed by atoms with Crippen molar-refractivity contribution >= 4 is 24.4 Å². The Hall–Kier alpha value is -2.94. The van der Waals surface area contributed by atoms with Gasteiger partial charge in [-0.1, -0.05) is 17.8 Å². The van der Waals surface area contributed by atoms with Crippen molar-refractivity contribution in [2.45, 2.75) is 23.0 Å². The van der Waals surface area contributed by atoms with E-state index in [1.807, 2.05) is 30.3 Å². The molecule has 2 heterocycles. The molecule has 2 aromatic rings. The standard InChI is InChI=1S/C23H24N2O5S/c1-4-19(22(26)27-3)16(13-24-2)15-30-17-5-7-18(8-6-17)31-21-9-10-25-14-20(21)23-28-11-12-29-23/h4-10,13-14,23H,2,11-12,15H2,1,3H3/b16-13-,19-4+. The first kappa shape index (κ1) is 22.7. The zero-order valence-electron chi connectivity index (χ0n) is 17.4. The highest BCUT2D eigenvalue weighted by Crippen LogP contribution is 2.36. The summed E-state index contributed by atoms with van der Waals surface area (Å²) in [5.74, 6) is 0.216. The Morgan fingerprint density at radius 3 is 2.68 bits per heavy atom. The lowest BCUT2D eigenvalue weighted by molar-refractivity contribution is -0.135. The number of aromatic nitrogens is 1. The molecule has 0 bridgehead atoms. The first-order valence-electron chi connectivity index (χ1n) is 9.64. The molecule has 0 spiro atoms. The van der Waals surface area contributed by atoms with Crippen LogP contribution in [0.4, 0.5) is 0 Å². The minimum absolute atomic E-state index is 0.158. The molecule has 1 aromatic carbocycles. The summed E-state index contributed by atoms with van der Waals surface area (Å²) >= 11 is 1.60. The van der Waals surface area contributed by atoms with Crippen LogP contribution in [0.25, 0.3) is 0 Å². The molecule has 1 saturated heterocycles. The van der Waals surface area contributed by atoms with E-state index in [0.29, 0.717) is 30.1 Å². The summed E-state index contributed by atoms with van der Waals surface area (Å²) in [7, 11) is 1.33. The molecule has 0 N–H and O–H groups in total. The van der Waals surface area contributed by atoms with Crippen LogP contribution >= 0.6 is 11.8 Å². The van der Waals surface area contributed by atoms with E-state index in [9.17, 15) is 4.79 Å². The molecule has 3 rings (SSSR count). The number of rotatable bonds is 9. The normalized spacial score (nSPS) is 15.0. The summed E-state index contributed by atoms with van der Waals surface area (Å²) in [6, 6.07) is 9.62. The van der Waals surface area contributed by atoms with Crippen molar-refractivity contribution in [1.29, 1.82) is 0 Å². The van der Waals surface area contributed by atoms with Gasteiger partial charge in [-0.2, -0.15) is 0 Å². The summed E-state index contributed by atoms with van der Waals surface area (Å²) in [6.07, 6.45) is 6.31. The molecule has 1 aliphatic rings. The fraction of sp³-hybridized carbons (Fsp3) is 0.261. The molecule has 0 aliphatic carbocycles. The van der Waals surface area contributed by atoms with Crippen LogP contribution in [0.15, 0.2) is 80.9 Å². The lowest BCUT2D eigenvalue weighted by Gasteiger charge is -2.14. The van der Waals surface area contributed by atoms with Gasteiger partial charge < -0.3 is 18.9 Å². The van der Waals surface area contributed by atoms with Crippen LogP contribution in [-0.2, 0) is 19.0 Å². The van der Waals surface area contributed by atoms with E-state index in [0.717, 1.165) is 15.4 Å². The highest BCUT2D eigenvalue weighted by molar-refractivity contribution is 7.99. The molecular weight excluding hydrogens is 416 g/mol. The number of aliphatic imine (C=N–C) groups is 1. The number of pyridine rings is 1. The van der Waals surface area contributed by atoms with E-state index in [1.54, 1.807) is 37.2 Å². The SMILES string of the molecule is C=N/C=C(COc1ccc(Sc2ccncc2C2OCCO2)cc1)\C(=C/C)C(=O)OC. The number of allylic oxidation sites excluding steroid dienone is 1. The number of benzene rings is 1. The molecule has 0 unspecified atom stereocenters. The number of ether oxygens (including phenoxy) is 4. The van der Waals surface area contributed by atoms with Gasteiger partial charge in [0.15, 0.2) is 6.29 Å². The number of hydrogen-bond acceptors (Lipinski definition) is 8. The van der Waals surface area contributed by atoms with Crippen LogP contribution in [0.5, 0.6) is 5.75 Å². The zero-order valence-corrected chi connectivity index (χ0v) is 18.3. The minimum Gasteiger partial charge on any atom is -0.489 e. The van der Waals surface area contributed by atoms with Crippen LogP contribution in [0, 0.1) is 0 Å². The van der Waals surface area contributed by atoms with Gasteiger partial charge in [-0.05, 0) is 44.0 Å². The van der Waals surface area contributed by atoms with Gasteiger partial charge in [0, 0.05) is 39.5 Å². The van der Waals surface area contributed by atoms with Gasteiger partial charge in [0.05, 0.1) is 25.9 Å². The minimum atomic E-state index is -0.448. The number of hydrogen-bond donors (Lipinski definition) is 0. The van der Waals surface area contributed by atoms with Gasteiger partial charge in [0.2, 0.25) is 0 Å². The third-order valence-corrected chi connectivity index (χ3v) is 5.52. The number of methoxy groups -OCH3 is 1. The van der Waals surface area contributed by atoms with Crippen molar-refractivity contribution in [2.24, 2.45) is 4.99 Å². The first-order chi connectivity index (χ1) is 15.2. The summed E-state index contributed by atoms with van der Waals surface area (Å²) < 4.78 is 21.9. The highest BCUT2D eigenvalue weighted by atomic mass is 32.2. The largest absolute Gasteiger partial charge is 0.489 e. The van der Waals surface area contributed by atoms with Gasteiger partial charge in [0.25, 0.3) is 0 Å². The second-order valence-electron chi connectivity index (χ2n) is 6.38. The quantitative estimate of drug-likeness (QED) is 0.248. The second kappa shape index (κ2) is 11.5. The molecular formula is C23H24N2O5S.